The molecule has 6 heteroatoms. The van der Waals surface area contributed by atoms with Crippen molar-refractivity contribution in [3.05, 3.63) is 12.2 Å². The van der Waals surface area contributed by atoms with Crippen LogP contribution < -0.4 is 5.32 Å². The minimum Gasteiger partial charge on any atom is -0.444 e. The molecule has 0 bridgehead atoms. The molecule has 1 aliphatic rings. The van der Waals surface area contributed by atoms with Crippen LogP contribution in [-0.4, -0.2) is 47.9 Å². The Morgan fingerprint density at radius 3 is 2.45 bits per heavy atom. The topological polar surface area (TPSA) is 75.7 Å². The van der Waals surface area contributed by atoms with Crippen molar-refractivity contribution in [2.45, 2.75) is 52.2 Å². The lowest BCUT2D eigenvalue weighted by Crippen LogP contribution is -2.45. The number of rotatable bonds is 5. The Labute approximate surface area is 131 Å². The zero-order valence-corrected chi connectivity index (χ0v) is 14.1. The second-order valence-electron chi connectivity index (χ2n) is 6.82. The zero-order valence-electron chi connectivity index (χ0n) is 14.1. The zero-order chi connectivity index (χ0) is 17.1. The maximum absolute atomic E-state index is 12.2. The van der Waals surface area contributed by atoms with Crippen LogP contribution in [0, 0.1) is 5.92 Å². The van der Waals surface area contributed by atoms with Crippen molar-refractivity contribution in [3.8, 4) is 0 Å². The number of likely N-dealkylation sites (tertiary alicyclic amines) is 1. The molecular weight excluding hydrogens is 284 g/mol. The summed E-state index contributed by atoms with van der Waals surface area (Å²) in [6.45, 7) is 11.1. The van der Waals surface area contributed by atoms with Crippen molar-refractivity contribution >= 4 is 17.8 Å². The maximum Gasteiger partial charge on any atom is 0.408 e. The fourth-order valence-electron chi connectivity index (χ4n) is 2.38. The first-order chi connectivity index (χ1) is 10.0. The number of carbonyl (C=O) groups is 3. The van der Waals surface area contributed by atoms with Crippen LogP contribution in [0.3, 0.4) is 0 Å². The third-order valence-electron chi connectivity index (χ3n) is 3.49. The third-order valence-corrected chi connectivity index (χ3v) is 3.49. The molecule has 0 aliphatic carbocycles. The van der Waals surface area contributed by atoms with Crippen LogP contribution in [0.15, 0.2) is 12.2 Å². The monoisotopic (exact) mass is 310 g/mol. The first-order valence-electron chi connectivity index (χ1n) is 7.45. The third kappa shape index (κ3) is 5.16. The molecule has 1 rings (SSSR count). The van der Waals surface area contributed by atoms with E-state index in [1.165, 1.54) is 0 Å². The number of ketones is 1. The first-order valence-corrected chi connectivity index (χ1v) is 7.45. The highest BCUT2D eigenvalue weighted by Crippen LogP contribution is 2.22. The van der Waals surface area contributed by atoms with Crippen LogP contribution in [0.2, 0.25) is 0 Å². The highest BCUT2D eigenvalue weighted by Gasteiger charge is 2.34. The highest BCUT2D eigenvalue weighted by molar-refractivity contribution is 6.00. The Hall–Kier alpha value is -1.85. The number of nitrogens with one attached hydrogen (secondary N) is 1. The molecule has 1 N–H and O–H groups in total. The fraction of sp³-hybridized carbons (Fsp3) is 0.688. The Morgan fingerprint density at radius 1 is 1.45 bits per heavy atom. The van der Waals surface area contributed by atoms with Gasteiger partial charge in [0, 0.05) is 19.5 Å². The van der Waals surface area contributed by atoms with Crippen molar-refractivity contribution in [1.29, 1.82) is 0 Å². The van der Waals surface area contributed by atoms with Crippen LogP contribution in [0.25, 0.3) is 0 Å². The molecule has 1 saturated heterocycles. The molecule has 2 atom stereocenters. The van der Waals surface area contributed by atoms with Crippen molar-refractivity contribution in [2.24, 2.45) is 5.92 Å². The molecule has 0 aromatic carbocycles. The van der Waals surface area contributed by atoms with E-state index in [4.69, 9.17) is 4.74 Å². The van der Waals surface area contributed by atoms with E-state index in [2.05, 4.69) is 11.9 Å². The minimum atomic E-state index is -0.784. The highest BCUT2D eigenvalue weighted by atomic mass is 16.6. The van der Waals surface area contributed by atoms with Gasteiger partial charge in [0.25, 0.3) is 0 Å². The molecule has 0 aromatic rings. The number of carbonyl (C=O) groups excluding carboxylic acids is 3. The smallest absolute Gasteiger partial charge is 0.408 e. The van der Waals surface area contributed by atoms with E-state index in [0.29, 0.717) is 18.5 Å². The van der Waals surface area contributed by atoms with Crippen molar-refractivity contribution < 1.29 is 19.1 Å². The van der Waals surface area contributed by atoms with E-state index < -0.39 is 17.7 Å². The summed E-state index contributed by atoms with van der Waals surface area (Å²) in [5, 5.41) is 2.57. The largest absolute Gasteiger partial charge is 0.444 e. The Kier molecular flexibility index (Phi) is 5.74. The van der Waals surface area contributed by atoms with Gasteiger partial charge in [0.05, 0.1) is 6.04 Å². The Morgan fingerprint density at radius 2 is 2.05 bits per heavy atom. The van der Waals surface area contributed by atoms with Crippen LogP contribution in [0.4, 0.5) is 4.79 Å². The molecule has 1 unspecified atom stereocenters. The van der Waals surface area contributed by atoms with Crippen molar-refractivity contribution in [2.75, 3.05) is 13.6 Å². The lowest BCUT2D eigenvalue weighted by molar-refractivity contribution is -0.130. The van der Waals surface area contributed by atoms with Gasteiger partial charge in [-0.1, -0.05) is 6.58 Å². The standard InChI is InChI=1S/C16H26N2O4/c1-10(2)13(19)12(17-15(21)22-16(3,4)5)9-11-7-8-18(6)14(11)20/h11-12H,1,7-9H2,2-6H3,(H,17,21)/t11?,12-/m0/s1. The quantitative estimate of drug-likeness (QED) is 0.787. The summed E-state index contributed by atoms with van der Waals surface area (Å²) in [5.41, 5.74) is -0.301. The Balaban J connectivity index is 2.77. The van der Waals surface area contributed by atoms with E-state index in [-0.39, 0.29) is 24.0 Å². The molecule has 0 radical (unpaired) electrons. The molecule has 0 aromatic heterocycles. The van der Waals surface area contributed by atoms with Gasteiger partial charge >= 0.3 is 6.09 Å². The van der Waals surface area contributed by atoms with E-state index in [0.717, 1.165) is 0 Å². The number of ether oxygens (including phenoxy) is 1. The summed E-state index contributed by atoms with van der Waals surface area (Å²) in [5.74, 6) is -0.521. The second-order valence-corrected chi connectivity index (χ2v) is 6.82. The molecular formula is C16H26N2O4. The maximum atomic E-state index is 12.2. The number of hydrogen-bond donors (Lipinski definition) is 1. The summed E-state index contributed by atoms with van der Waals surface area (Å²) < 4.78 is 5.18. The molecule has 22 heavy (non-hydrogen) atoms. The van der Waals surface area contributed by atoms with Gasteiger partial charge in [-0.25, -0.2) is 4.79 Å². The predicted molar refractivity (Wildman–Crippen MR) is 83.3 cm³/mol. The van der Waals surface area contributed by atoms with Gasteiger partial charge < -0.3 is 15.0 Å². The Bertz CT molecular complexity index is 479. The number of hydrogen-bond acceptors (Lipinski definition) is 4. The van der Waals surface area contributed by atoms with Crippen LogP contribution in [0.1, 0.15) is 40.5 Å². The van der Waals surface area contributed by atoms with Crippen LogP contribution in [-0.2, 0) is 14.3 Å². The molecule has 1 aliphatic heterocycles. The van der Waals surface area contributed by atoms with Gasteiger partial charge in [-0.15, -0.1) is 0 Å². The number of alkyl carbamates (subject to hydrolysis) is 1. The molecule has 0 spiro atoms. The normalized spacial score (nSPS) is 19.8. The minimum absolute atomic E-state index is 0.00510. The van der Waals surface area contributed by atoms with E-state index in [9.17, 15) is 14.4 Å². The van der Waals surface area contributed by atoms with Gasteiger partial charge in [-0.3, -0.25) is 9.59 Å². The summed E-state index contributed by atoms with van der Waals surface area (Å²) >= 11 is 0. The van der Waals surface area contributed by atoms with Gasteiger partial charge in [0.2, 0.25) is 5.91 Å². The molecule has 124 valence electrons. The SMILES string of the molecule is C=C(C)C(=O)[C@H](CC1CCN(C)C1=O)NC(=O)OC(C)(C)C. The molecule has 6 nitrogen and oxygen atoms in total. The van der Waals surface area contributed by atoms with Crippen molar-refractivity contribution in [3.63, 3.8) is 0 Å². The lowest BCUT2D eigenvalue weighted by atomic mass is 9.94. The predicted octanol–water partition coefficient (Wildman–Crippen LogP) is 1.89. The average molecular weight is 310 g/mol. The van der Waals surface area contributed by atoms with Crippen LogP contribution in [0.5, 0.6) is 0 Å². The van der Waals surface area contributed by atoms with Gasteiger partial charge in [-0.05, 0) is 46.1 Å². The van der Waals surface area contributed by atoms with Gasteiger partial charge in [-0.2, -0.15) is 0 Å². The number of nitrogens with zero attached hydrogens (tertiary/aromatic N) is 1. The fourth-order valence-corrected chi connectivity index (χ4v) is 2.38. The lowest BCUT2D eigenvalue weighted by Gasteiger charge is -2.24. The summed E-state index contributed by atoms with van der Waals surface area (Å²) in [7, 11) is 1.74. The number of Topliss-reactive ketones (excluding diaryl/α,β-unsaturated/α-hetero) is 1. The van der Waals surface area contributed by atoms with E-state index in [1.54, 1.807) is 39.6 Å². The van der Waals surface area contributed by atoms with Crippen LogP contribution >= 0.6 is 0 Å². The molecule has 0 saturated carbocycles. The average Bonchev–Trinajstić information content (AvgIpc) is 2.66. The number of amides is 2. The van der Waals surface area contributed by atoms with Gasteiger partial charge in [0.15, 0.2) is 5.78 Å². The van der Waals surface area contributed by atoms with E-state index >= 15 is 0 Å². The first kappa shape index (κ1) is 18.2. The summed E-state index contributed by atoms with van der Waals surface area (Å²) in [6.07, 6.45) is 0.297. The van der Waals surface area contributed by atoms with Gasteiger partial charge in [0.1, 0.15) is 5.60 Å². The van der Waals surface area contributed by atoms with Crippen molar-refractivity contribution in [1.82, 2.24) is 10.2 Å². The molecule has 1 heterocycles. The second kappa shape index (κ2) is 6.94. The molecule has 1 fully saturated rings. The molecule has 2 amide bonds. The summed E-state index contributed by atoms with van der Waals surface area (Å²) in [6, 6.07) is -0.784. The van der Waals surface area contributed by atoms with E-state index in [1.807, 2.05) is 0 Å². The summed E-state index contributed by atoms with van der Waals surface area (Å²) in [4.78, 5) is 37.8.